The molecule has 1 heterocycles. The van der Waals surface area contributed by atoms with Crippen molar-refractivity contribution in [3.63, 3.8) is 0 Å². The SMILES string of the molecule is CCNC(=NCCCC(=O)NC1CC1)N1CCN(CC(=O)NC2CC2)CC1. The molecule has 2 amide bonds. The second kappa shape index (κ2) is 9.92. The van der Waals surface area contributed by atoms with Crippen molar-refractivity contribution in [2.45, 2.75) is 57.5 Å². The maximum atomic E-state index is 11.9. The average molecular weight is 379 g/mol. The molecule has 2 saturated carbocycles. The van der Waals surface area contributed by atoms with E-state index < -0.39 is 0 Å². The number of amides is 2. The van der Waals surface area contributed by atoms with Crippen molar-refractivity contribution < 1.29 is 9.59 Å². The maximum absolute atomic E-state index is 11.9. The van der Waals surface area contributed by atoms with Crippen LogP contribution >= 0.6 is 0 Å². The van der Waals surface area contributed by atoms with Gasteiger partial charge in [0.05, 0.1) is 6.54 Å². The molecule has 0 aromatic heterocycles. The Balaban J connectivity index is 1.35. The summed E-state index contributed by atoms with van der Waals surface area (Å²) in [6, 6.07) is 0.860. The van der Waals surface area contributed by atoms with Crippen LogP contribution in [0, 0.1) is 0 Å². The Kier molecular flexibility index (Phi) is 7.32. The van der Waals surface area contributed by atoms with Crippen LogP contribution in [-0.4, -0.2) is 85.5 Å². The first-order valence-corrected chi connectivity index (χ1v) is 10.5. The van der Waals surface area contributed by atoms with Crippen LogP contribution in [0.4, 0.5) is 0 Å². The highest BCUT2D eigenvalue weighted by atomic mass is 16.2. The molecule has 2 aliphatic carbocycles. The molecule has 3 rings (SSSR count). The molecule has 0 bridgehead atoms. The van der Waals surface area contributed by atoms with Crippen molar-refractivity contribution >= 4 is 17.8 Å². The van der Waals surface area contributed by atoms with Crippen LogP contribution in [0.5, 0.6) is 0 Å². The molecule has 0 aromatic carbocycles. The predicted octanol–water partition coefficient (Wildman–Crippen LogP) is -0.0931. The predicted molar refractivity (Wildman–Crippen MR) is 106 cm³/mol. The molecule has 27 heavy (non-hydrogen) atoms. The third-order valence-corrected chi connectivity index (χ3v) is 5.08. The Morgan fingerprint density at radius 2 is 1.59 bits per heavy atom. The van der Waals surface area contributed by atoms with Crippen LogP contribution in [0.1, 0.15) is 45.4 Å². The Labute approximate surface area is 162 Å². The zero-order valence-electron chi connectivity index (χ0n) is 16.5. The summed E-state index contributed by atoms with van der Waals surface area (Å²) in [5.74, 6) is 1.22. The van der Waals surface area contributed by atoms with Gasteiger partial charge in [-0.3, -0.25) is 19.5 Å². The van der Waals surface area contributed by atoms with E-state index in [2.05, 4.69) is 32.7 Å². The zero-order chi connectivity index (χ0) is 19.1. The smallest absolute Gasteiger partial charge is 0.234 e. The van der Waals surface area contributed by atoms with Crippen molar-refractivity contribution in [2.24, 2.45) is 4.99 Å². The molecule has 3 aliphatic rings. The minimum Gasteiger partial charge on any atom is -0.357 e. The normalized spacial score (nSPS) is 21.1. The van der Waals surface area contributed by atoms with Gasteiger partial charge in [0, 0.05) is 57.8 Å². The van der Waals surface area contributed by atoms with Crippen molar-refractivity contribution in [1.82, 2.24) is 25.8 Å². The zero-order valence-corrected chi connectivity index (χ0v) is 16.5. The molecule has 1 aliphatic heterocycles. The van der Waals surface area contributed by atoms with Crippen LogP contribution in [0.3, 0.4) is 0 Å². The lowest BCUT2D eigenvalue weighted by Crippen LogP contribution is -2.54. The van der Waals surface area contributed by atoms with Crippen LogP contribution < -0.4 is 16.0 Å². The fourth-order valence-electron chi connectivity index (χ4n) is 3.20. The number of nitrogens with zero attached hydrogens (tertiary/aromatic N) is 3. The Morgan fingerprint density at radius 1 is 0.963 bits per heavy atom. The summed E-state index contributed by atoms with van der Waals surface area (Å²) in [7, 11) is 0. The number of hydrogen-bond donors (Lipinski definition) is 3. The number of carbonyl (C=O) groups excluding carboxylic acids is 2. The van der Waals surface area contributed by atoms with E-state index in [1.54, 1.807) is 0 Å². The summed E-state index contributed by atoms with van der Waals surface area (Å²) in [5, 5.41) is 9.42. The van der Waals surface area contributed by atoms with E-state index in [0.717, 1.165) is 70.8 Å². The molecule has 8 heteroatoms. The van der Waals surface area contributed by atoms with E-state index in [0.29, 0.717) is 31.6 Å². The highest BCUT2D eigenvalue weighted by Crippen LogP contribution is 2.19. The molecule has 1 saturated heterocycles. The monoisotopic (exact) mass is 378 g/mol. The van der Waals surface area contributed by atoms with Gasteiger partial charge in [0.25, 0.3) is 0 Å². The number of piperazine rings is 1. The Bertz CT molecular complexity index is 536. The Hall–Kier alpha value is -1.83. The maximum Gasteiger partial charge on any atom is 0.234 e. The van der Waals surface area contributed by atoms with Crippen LogP contribution in [0.2, 0.25) is 0 Å². The molecule has 3 fully saturated rings. The van der Waals surface area contributed by atoms with E-state index in [1.165, 1.54) is 0 Å². The molecule has 0 spiro atoms. The largest absolute Gasteiger partial charge is 0.357 e. The molecule has 0 atom stereocenters. The molecular weight excluding hydrogens is 344 g/mol. The number of guanidine groups is 1. The van der Waals surface area contributed by atoms with Crippen LogP contribution in [0.15, 0.2) is 4.99 Å². The van der Waals surface area contributed by atoms with Gasteiger partial charge in [0.1, 0.15) is 0 Å². The van der Waals surface area contributed by atoms with Gasteiger partial charge in [-0.2, -0.15) is 0 Å². The topological polar surface area (TPSA) is 89.1 Å². The summed E-state index contributed by atoms with van der Waals surface area (Å²) < 4.78 is 0. The van der Waals surface area contributed by atoms with Gasteiger partial charge in [-0.25, -0.2) is 0 Å². The van der Waals surface area contributed by atoms with Gasteiger partial charge in [0.2, 0.25) is 11.8 Å². The summed E-state index contributed by atoms with van der Waals surface area (Å²) in [6.45, 7) is 7.51. The third kappa shape index (κ3) is 7.36. The number of nitrogens with one attached hydrogen (secondary N) is 3. The van der Waals surface area contributed by atoms with Crippen LogP contribution in [-0.2, 0) is 9.59 Å². The van der Waals surface area contributed by atoms with Crippen molar-refractivity contribution in [1.29, 1.82) is 0 Å². The number of hydrogen-bond acceptors (Lipinski definition) is 4. The number of aliphatic imine (C=N–C) groups is 1. The van der Waals surface area contributed by atoms with E-state index in [4.69, 9.17) is 4.99 Å². The first-order chi connectivity index (χ1) is 13.1. The minimum absolute atomic E-state index is 0.149. The van der Waals surface area contributed by atoms with E-state index in [-0.39, 0.29) is 11.8 Å². The van der Waals surface area contributed by atoms with E-state index >= 15 is 0 Å². The highest BCUT2D eigenvalue weighted by Gasteiger charge is 2.26. The first kappa shape index (κ1) is 19.9. The van der Waals surface area contributed by atoms with Gasteiger partial charge in [0.15, 0.2) is 5.96 Å². The lowest BCUT2D eigenvalue weighted by Gasteiger charge is -2.36. The summed E-state index contributed by atoms with van der Waals surface area (Å²) in [6.07, 6.45) is 5.83. The molecule has 3 N–H and O–H groups in total. The fraction of sp³-hybridized carbons (Fsp3) is 0.842. The second-order valence-corrected chi connectivity index (χ2v) is 7.79. The molecule has 8 nitrogen and oxygen atoms in total. The van der Waals surface area contributed by atoms with Gasteiger partial charge in [-0.15, -0.1) is 0 Å². The molecule has 0 radical (unpaired) electrons. The first-order valence-electron chi connectivity index (χ1n) is 10.5. The quantitative estimate of drug-likeness (QED) is 0.296. The van der Waals surface area contributed by atoms with Gasteiger partial charge in [-0.05, 0) is 39.0 Å². The third-order valence-electron chi connectivity index (χ3n) is 5.08. The van der Waals surface area contributed by atoms with Crippen molar-refractivity contribution in [3.8, 4) is 0 Å². The molecular formula is C19H34N6O2. The van der Waals surface area contributed by atoms with Gasteiger partial charge >= 0.3 is 0 Å². The Morgan fingerprint density at radius 3 is 2.19 bits per heavy atom. The average Bonchev–Trinajstić information content (AvgIpc) is 3.56. The number of rotatable bonds is 9. The summed E-state index contributed by atoms with van der Waals surface area (Å²) in [5.41, 5.74) is 0. The number of carbonyl (C=O) groups is 2. The summed E-state index contributed by atoms with van der Waals surface area (Å²) >= 11 is 0. The summed E-state index contributed by atoms with van der Waals surface area (Å²) in [4.78, 5) is 32.8. The second-order valence-electron chi connectivity index (χ2n) is 7.79. The molecule has 152 valence electrons. The lowest BCUT2D eigenvalue weighted by molar-refractivity contribution is -0.123. The van der Waals surface area contributed by atoms with E-state index in [9.17, 15) is 9.59 Å². The highest BCUT2D eigenvalue weighted by molar-refractivity contribution is 5.80. The molecule has 0 aromatic rings. The molecule has 0 unspecified atom stereocenters. The fourth-order valence-corrected chi connectivity index (χ4v) is 3.20. The van der Waals surface area contributed by atoms with Crippen LogP contribution in [0.25, 0.3) is 0 Å². The van der Waals surface area contributed by atoms with Gasteiger partial charge < -0.3 is 20.9 Å². The van der Waals surface area contributed by atoms with E-state index in [1.807, 2.05) is 0 Å². The van der Waals surface area contributed by atoms with Crippen molar-refractivity contribution in [2.75, 3.05) is 45.8 Å². The van der Waals surface area contributed by atoms with Gasteiger partial charge in [-0.1, -0.05) is 0 Å². The van der Waals surface area contributed by atoms with Crippen molar-refractivity contribution in [3.05, 3.63) is 0 Å². The minimum atomic E-state index is 0.149. The standard InChI is InChI=1S/C19H34N6O2/c1-2-20-19(21-9-3-4-17(26)22-15-5-6-15)25-12-10-24(11-13-25)14-18(27)23-16-7-8-16/h15-16H,2-14H2,1H3,(H,20,21)(H,22,26)(H,23,27). The lowest BCUT2D eigenvalue weighted by atomic mass is 10.3.